The van der Waals surface area contributed by atoms with Crippen LogP contribution in [0.4, 0.5) is 14.5 Å². The molecule has 1 unspecified atom stereocenters. The number of hydrogen-bond acceptors (Lipinski definition) is 5. The van der Waals surface area contributed by atoms with Gasteiger partial charge < -0.3 is 4.90 Å². The molecule has 3 aromatic rings. The third-order valence-electron chi connectivity index (χ3n) is 4.69. The number of rotatable bonds is 5. The summed E-state index contributed by atoms with van der Waals surface area (Å²) in [6, 6.07) is 8.02. The summed E-state index contributed by atoms with van der Waals surface area (Å²) < 4.78 is 28.9. The number of non-ortho nitro benzene ring substituents is 1. The lowest BCUT2D eigenvalue weighted by Crippen LogP contribution is -2.31. The highest BCUT2D eigenvalue weighted by Crippen LogP contribution is 2.25. The van der Waals surface area contributed by atoms with Gasteiger partial charge in [0.25, 0.3) is 11.6 Å². The van der Waals surface area contributed by atoms with Crippen molar-refractivity contribution in [2.75, 3.05) is 7.05 Å². The van der Waals surface area contributed by atoms with E-state index in [9.17, 15) is 23.7 Å². The first-order chi connectivity index (χ1) is 13.7. The normalized spacial score (nSPS) is 11.9. The minimum absolute atomic E-state index is 0.00247. The molecule has 0 radical (unpaired) electrons. The first-order valence-corrected chi connectivity index (χ1v) is 8.60. The third kappa shape index (κ3) is 3.82. The van der Waals surface area contributed by atoms with Gasteiger partial charge in [-0.2, -0.15) is 0 Å². The molecular formula is C19H17F2N5O3. The highest BCUT2D eigenvalue weighted by molar-refractivity contribution is 5.93. The zero-order chi connectivity index (χ0) is 21.3. The molecule has 0 aliphatic carbocycles. The monoisotopic (exact) mass is 401 g/mol. The quantitative estimate of drug-likeness (QED) is 0.481. The van der Waals surface area contributed by atoms with Crippen LogP contribution in [0.1, 0.15) is 34.7 Å². The van der Waals surface area contributed by atoms with Crippen LogP contribution in [-0.4, -0.2) is 37.8 Å². The van der Waals surface area contributed by atoms with Crippen molar-refractivity contribution in [3.8, 4) is 5.69 Å². The van der Waals surface area contributed by atoms with Crippen molar-refractivity contribution in [2.45, 2.75) is 19.9 Å². The molecule has 150 valence electrons. The van der Waals surface area contributed by atoms with Crippen molar-refractivity contribution in [1.29, 1.82) is 0 Å². The van der Waals surface area contributed by atoms with Crippen molar-refractivity contribution in [2.24, 2.45) is 0 Å². The van der Waals surface area contributed by atoms with Crippen LogP contribution in [0.15, 0.2) is 42.5 Å². The minimum Gasteiger partial charge on any atom is -0.333 e. The first-order valence-electron chi connectivity index (χ1n) is 8.60. The number of halogens is 2. The standard InChI is InChI=1S/C19H17F2N5O3/c1-11(16-9-13(20)7-8-17(16)21)24(3)19(27)18-12(2)25(23-22-18)14-5-4-6-15(10-14)26(28)29/h4-11H,1-3H3. The van der Waals surface area contributed by atoms with Gasteiger partial charge in [-0.3, -0.25) is 14.9 Å². The van der Waals surface area contributed by atoms with Crippen molar-refractivity contribution in [1.82, 2.24) is 19.9 Å². The van der Waals surface area contributed by atoms with E-state index in [1.165, 1.54) is 34.8 Å². The predicted molar refractivity (Wildman–Crippen MR) is 99.6 cm³/mol. The molecule has 0 saturated carbocycles. The molecule has 29 heavy (non-hydrogen) atoms. The molecule has 1 amide bonds. The maximum absolute atomic E-state index is 14.1. The van der Waals surface area contributed by atoms with Gasteiger partial charge in [0.2, 0.25) is 0 Å². The van der Waals surface area contributed by atoms with Crippen molar-refractivity contribution < 1.29 is 18.5 Å². The second kappa shape index (κ2) is 7.74. The number of carbonyl (C=O) groups is 1. The average molecular weight is 401 g/mol. The second-order valence-corrected chi connectivity index (χ2v) is 6.47. The molecule has 0 aliphatic heterocycles. The van der Waals surface area contributed by atoms with Gasteiger partial charge in [-0.05, 0) is 38.1 Å². The van der Waals surface area contributed by atoms with Crippen molar-refractivity contribution >= 4 is 11.6 Å². The molecule has 1 aromatic heterocycles. The number of aromatic nitrogens is 3. The Morgan fingerprint density at radius 2 is 1.97 bits per heavy atom. The molecule has 1 heterocycles. The molecule has 2 aromatic carbocycles. The molecule has 8 nitrogen and oxygen atoms in total. The average Bonchev–Trinajstić information content (AvgIpc) is 3.09. The summed E-state index contributed by atoms with van der Waals surface area (Å²) in [6.45, 7) is 3.16. The summed E-state index contributed by atoms with van der Waals surface area (Å²) in [5.41, 5.74) is 0.634. The van der Waals surface area contributed by atoms with Crippen LogP contribution < -0.4 is 0 Å². The van der Waals surface area contributed by atoms with Gasteiger partial charge in [0.05, 0.1) is 22.3 Å². The maximum Gasteiger partial charge on any atom is 0.276 e. The molecule has 0 bridgehead atoms. The SMILES string of the molecule is Cc1c(C(=O)N(C)C(C)c2cc(F)ccc2F)nnn1-c1cccc([N+](=O)[O-])c1. The van der Waals surface area contributed by atoms with Crippen LogP contribution in [0.3, 0.4) is 0 Å². The zero-order valence-corrected chi connectivity index (χ0v) is 15.8. The molecule has 0 fully saturated rings. The smallest absolute Gasteiger partial charge is 0.276 e. The van der Waals surface area contributed by atoms with Gasteiger partial charge in [-0.1, -0.05) is 11.3 Å². The van der Waals surface area contributed by atoms with Gasteiger partial charge in [0, 0.05) is 24.7 Å². The Morgan fingerprint density at radius 3 is 2.66 bits per heavy atom. The lowest BCUT2D eigenvalue weighted by atomic mass is 10.1. The molecule has 0 spiro atoms. The number of nitrogens with zero attached hydrogens (tertiary/aromatic N) is 5. The van der Waals surface area contributed by atoms with E-state index in [0.717, 1.165) is 18.2 Å². The second-order valence-electron chi connectivity index (χ2n) is 6.47. The Hall–Kier alpha value is -3.69. The zero-order valence-electron chi connectivity index (χ0n) is 15.8. The molecule has 0 saturated heterocycles. The van der Waals surface area contributed by atoms with Crippen LogP contribution in [-0.2, 0) is 0 Å². The van der Waals surface area contributed by atoms with E-state index in [2.05, 4.69) is 10.3 Å². The van der Waals surface area contributed by atoms with Gasteiger partial charge in [-0.15, -0.1) is 5.10 Å². The Kier molecular flexibility index (Phi) is 5.35. The molecule has 0 aliphatic rings. The van der Waals surface area contributed by atoms with E-state index in [1.54, 1.807) is 19.9 Å². The topological polar surface area (TPSA) is 94.2 Å². The first kappa shape index (κ1) is 20.1. The summed E-state index contributed by atoms with van der Waals surface area (Å²) in [6.07, 6.45) is 0. The fourth-order valence-corrected chi connectivity index (χ4v) is 2.90. The fourth-order valence-electron chi connectivity index (χ4n) is 2.90. The Morgan fingerprint density at radius 1 is 1.24 bits per heavy atom. The predicted octanol–water partition coefficient (Wildman–Crippen LogP) is 3.60. The van der Waals surface area contributed by atoms with E-state index in [-0.39, 0.29) is 16.9 Å². The third-order valence-corrected chi connectivity index (χ3v) is 4.69. The van der Waals surface area contributed by atoms with Crippen LogP contribution in [0.25, 0.3) is 5.69 Å². The van der Waals surface area contributed by atoms with Crippen LogP contribution in [0.2, 0.25) is 0 Å². The maximum atomic E-state index is 14.1. The van der Waals surface area contributed by atoms with E-state index in [1.807, 2.05) is 0 Å². The highest BCUT2D eigenvalue weighted by Gasteiger charge is 2.26. The molecule has 10 heteroatoms. The molecule has 3 rings (SSSR count). The van der Waals surface area contributed by atoms with E-state index in [0.29, 0.717) is 11.4 Å². The van der Waals surface area contributed by atoms with Crippen molar-refractivity contribution in [3.05, 3.63) is 81.2 Å². The highest BCUT2D eigenvalue weighted by atomic mass is 19.1. The number of nitro benzene ring substituents is 1. The Labute approximate surface area is 164 Å². The summed E-state index contributed by atoms with van der Waals surface area (Å²) in [4.78, 5) is 24.5. The number of hydrogen-bond donors (Lipinski definition) is 0. The van der Waals surface area contributed by atoms with Crippen LogP contribution in [0.5, 0.6) is 0 Å². The summed E-state index contributed by atoms with van der Waals surface area (Å²) in [7, 11) is 1.45. The van der Waals surface area contributed by atoms with E-state index >= 15 is 0 Å². The van der Waals surface area contributed by atoms with Crippen LogP contribution >= 0.6 is 0 Å². The number of nitro groups is 1. The number of carbonyl (C=O) groups excluding carboxylic acids is 1. The van der Waals surface area contributed by atoms with Gasteiger partial charge >= 0.3 is 0 Å². The summed E-state index contributed by atoms with van der Waals surface area (Å²) in [5.74, 6) is -1.78. The summed E-state index contributed by atoms with van der Waals surface area (Å²) in [5, 5.41) is 18.8. The van der Waals surface area contributed by atoms with Gasteiger partial charge in [0.15, 0.2) is 5.69 Å². The number of benzene rings is 2. The van der Waals surface area contributed by atoms with Crippen molar-refractivity contribution in [3.63, 3.8) is 0 Å². The summed E-state index contributed by atoms with van der Waals surface area (Å²) >= 11 is 0. The largest absolute Gasteiger partial charge is 0.333 e. The number of amides is 1. The van der Waals surface area contributed by atoms with Gasteiger partial charge in [0.1, 0.15) is 11.6 Å². The minimum atomic E-state index is -0.763. The Bertz CT molecular complexity index is 1100. The van der Waals surface area contributed by atoms with Gasteiger partial charge in [-0.25, -0.2) is 13.5 Å². The molecular weight excluding hydrogens is 384 g/mol. The molecule has 1 atom stereocenters. The Balaban J connectivity index is 1.91. The lowest BCUT2D eigenvalue weighted by molar-refractivity contribution is -0.384. The lowest BCUT2D eigenvalue weighted by Gasteiger charge is -2.25. The fraction of sp³-hybridized carbons (Fsp3) is 0.211. The molecule has 0 N–H and O–H groups in total. The van der Waals surface area contributed by atoms with E-state index in [4.69, 9.17) is 0 Å². The van der Waals surface area contributed by atoms with E-state index < -0.39 is 28.5 Å². The van der Waals surface area contributed by atoms with Crippen LogP contribution in [0, 0.1) is 28.7 Å².